The molecule has 0 aliphatic carbocycles. The van der Waals surface area contributed by atoms with E-state index in [4.69, 9.17) is 22.3 Å². The van der Waals surface area contributed by atoms with Crippen LogP contribution in [0.1, 0.15) is 0 Å². The van der Waals surface area contributed by atoms with Crippen LogP contribution in [0, 0.1) is 4.64 Å². The first kappa shape index (κ1) is 11.4. The van der Waals surface area contributed by atoms with E-state index in [1.165, 1.54) is 0 Å². The Labute approximate surface area is 88.6 Å². The van der Waals surface area contributed by atoms with Gasteiger partial charge in [-0.15, -0.1) is 5.10 Å². The molecule has 0 spiro atoms. The van der Waals surface area contributed by atoms with Crippen molar-refractivity contribution in [3.63, 3.8) is 0 Å². The summed E-state index contributed by atoms with van der Waals surface area (Å²) < 4.78 is 41.9. The van der Waals surface area contributed by atoms with Gasteiger partial charge in [0.1, 0.15) is 5.02 Å². The lowest BCUT2D eigenvalue weighted by Gasteiger charge is -1.94. The Morgan fingerprint density at radius 3 is 2.36 bits per heavy atom. The molecule has 78 valence electrons. The summed E-state index contributed by atoms with van der Waals surface area (Å²) >= 11 is 5.40. The van der Waals surface area contributed by atoms with Crippen LogP contribution in [0.25, 0.3) is 0 Å². The lowest BCUT2D eigenvalue weighted by molar-refractivity contribution is 0.601. The summed E-state index contributed by atoms with van der Waals surface area (Å²) in [4.78, 5) is 0. The van der Waals surface area contributed by atoms with Crippen LogP contribution < -0.4 is 0 Å². The Balaban J connectivity index is 3.89. The minimum Gasteiger partial charge on any atom is -0.244 e. The van der Waals surface area contributed by atoms with Crippen molar-refractivity contribution in [3.05, 3.63) is 9.66 Å². The molecular formula is C3HCl2N3O4S2. The van der Waals surface area contributed by atoms with Gasteiger partial charge >= 0.3 is 0 Å². The van der Waals surface area contributed by atoms with Crippen LogP contribution >= 0.6 is 22.3 Å². The van der Waals surface area contributed by atoms with Gasteiger partial charge in [-0.1, -0.05) is 16.8 Å². The van der Waals surface area contributed by atoms with E-state index in [0.29, 0.717) is 0 Å². The molecule has 0 saturated carbocycles. The summed E-state index contributed by atoms with van der Waals surface area (Å²) in [6.45, 7) is 0. The van der Waals surface area contributed by atoms with Gasteiger partial charge in [0, 0.05) is 10.7 Å². The lowest BCUT2D eigenvalue weighted by Crippen LogP contribution is -2.01. The summed E-state index contributed by atoms with van der Waals surface area (Å²) in [6, 6.07) is 0. The molecule has 0 aliphatic rings. The van der Waals surface area contributed by atoms with Crippen LogP contribution in [0.15, 0.2) is 5.03 Å². The van der Waals surface area contributed by atoms with Crippen molar-refractivity contribution in [2.24, 2.45) is 0 Å². The number of aromatic amines is 1. The van der Waals surface area contributed by atoms with E-state index in [1.54, 1.807) is 0 Å². The average Bonchev–Trinajstić information content (AvgIpc) is 2.01. The van der Waals surface area contributed by atoms with Crippen molar-refractivity contribution in [1.82, 2.24) is 15.4 Å². The molecular weight excluding hydrogens is 277 g/mol. The lowest BCUT2D eigenvalue weighted by atomic mass is 10.7. The van der Waals surface area contributed by atoms with Crippen LogP contribution in [0.5, 0.6) is 0 Å². The van der Waals surface area contributed by atoms with Crippen LogP contribution in [0.3, 0.4) is 0 Å². The van der Waals surface area contributed by atoms with E-state index in [-0.39, 0.29) is 0 Å². The molecule has 0 amide bonds. The van der Waals surface area contributed by atoms with Gasteiger partial charge in [-0.25, -0.2) is 13.5 Å². The molecule has 1 heterocycles. The molecule has 0 radical (unpaired) electrons. The number of halogens is 2. The first-order valence-electron chi connectivity index (χ1n) is 2.82. The Bertz CT molecular complexity index is 622. The average molecular weight is 278 g/mol. The summed E-state index contributed by atoms with van der Waals surface area (Å²) in [5.74, 6) is 0. The standard InChI is InChI=1S/C3HCl2N3O4S2/c4-1-2(13(9)10)6-8-7-3(1)14(5,11)12/h(H,6,7). The third-order valence-corrected chi connectivity index (χ3v) is 3.48. The van der Waals surface area contributed by atoms with E-state index in [0.717, 1.165) is 0 Å². The normalized spacial score (nSPS) is 11.3. The van der Waals surface area contributed by atoms with E-state index >= 15 is 0 Å². The maximum absolute atomic E-state index is 10.8. The minimum atomic E-state index is -4.22. The zero-order valence-corrected chi connectivity index (χ0v) is 9.24. The molecule has 0 aromatic carbocycles. The van der Waals surface area contributed by atoms with Crippen LogP contribution in [-0.4, -0.2) is 32.2 Å². The highest BCUT2D eigenvalue weighted by Gasteiger charge is 2.19. The quantitative estimate of drug-likeness (QED) is 0.562. The van der Waals surface area contributed by atoms with Gasteiger partial charge in [0.05, 0.1) is 0 Å². The van der Waals surface area contributed by atoms with Crippen molar-refractivity contribution < 1.29 is 16.8 Å². The molecule has 0 bridgehead atoms. The third-order valence-electron chi connectivity index (χ3n) is 1.08. The molecule has 0 fully saturated rings. The summed E-state index contributed by atoms with van der Waals surface area (Å²) in [5.41, 5.74) is 0. The Morgan fingerprint density at radius 1 is 1.36 bits per heavy atom. The second-order valence-corrected chi connectivity index (χ2v) is 5.67. The predicted molar refractivity (Wildman–Crippen MR) is 46.6 cm³/mol. The smallest absolute Gasteiger partial charge is 0.244 e. The van der Waals surface area contributed by atoms with Gasteiger partial charge in [0.25, 0.3) is 9.05 Å². The van der Waals surface area contributed by atoms with Gasteiger partial charge in [0.2, 0.25) is 15.3 Å². The molecule has 0 saturated heterocycles. The van der Waals surface area contributed by atoms with Gasteiger partial charge in [-0.05, 0) is 0 Å². The Hall–Kier alpha value is -0.640. The van der Waals surface area contributed by atoms with Crippen molar-refractivity contribution in [1.29, 1.82) is 0 Å². The van der Waals surface area contributed by atoms with E-state index in [9.17, 15) is 16.8 Å². The van der Waals surface area contributed by atoms with Gasteiger partial charge in [-0.3, -0.25) is 0 Å². The predicted octanol–water partition coefficient (Wildman–Crippen LogP) is -0.203. The SMILES string of the molecule is O=S(=O)=c1[nH]nnc(S(=O)(=O)Cl)c1Cl. The van der Waals surface area contributed by atoms with Crippen LogP contribution in [-0.2, 0) is 19.3 Å². The highest BCUT2D eigenvalue weighted by molar-refractivity contribution is 8.13. The molecule has 1 aromatic rings. The molecule has 11 heteroatoms. The number of rotatable bonds is 1. The van der Waals surface area contributed by atoms with Crippen molar-refractivity contribution >= 4 is 41.6 Å². The molecule has 14 heavy (non-hydrogen) atoms. The van der Waals surface area contributed by atoms with E-state index in [1.807, 2.05) is 5.10 Å². The topological polar surface area (TPSA) is 110 Å². The maximum Gasteiger partial charge on any atom is 0.282 e. The number of hydrogen-bond acceptors (Lipinski definition) is 6. The second-order valence-electron chi connectivity index (χ2n) is 1.93. The highest BCUT2D eigenvalue weighted by Crippen LogP contribution is 2.20. The minimum absolute atomic E-state index is 0.596. The third kappa shape index (κ3) is 2.23. The largest absolute Gasteiger partial charge is 0.282 e. The Kier molecular flexibility index (Phi) is 3.14. The first-order valence-corrected chi connectivity index (χ1v) is 6.58. The maximum atomic E-state index is 10.8. The first-order chi connectivity index (χ1) is 6.34. The van der Waals surface area contributed by atoms with Crippen molar-refractivity contribution in [3.8, 4) is 0 Å². The summed E-state index contributed by atoms with van der Waals surface area (Å²) in [5, 5.41) is 6.57. The molecule has 0 unspecified atom stereocenters. The monoisotopic (exact) mass is 277 g/mol. The van der Waals surface area contributed by atoms with Gasteiger partial charge in [0.15, 0.2) is 4.64 Å². The molecule has 0 aliphatic heterocycles. The number of aromatic nitrogens is 3. The molecule has 1 rings (SSSR count). The molecule has 1 N–H and O–H groups in total. The summed E-state index contributed by atoms with van der Waals surface area (Å²) in [6.07, 6.45) is 0. The number of nitrogens with one attached hydrogen (secondary N) is 1. The number of nitrogens with zero attached hydrogens (tertiary/aromatic N) is 2. The van der Waals surface area contributed by atoms with Crippen molar-refractivity contribution in [2.45, 2.75) is 5.03 Å². The van der Waals surface area contributed by atoms with Crippen molar-refractivity contribution in [2.75, 3.05) is 0 Å². The fourth-order valence-electron chi connectivity index (χ4n) is 0.572. The van der Waals surface area contributed by atoms with Gasteiger partial charge < -0.3 is 0 Å². The second kappa shape index (κ2) is 3.85. The highest BCUT2D eigenvalue weighted by atomic mass is 35.7. The zero-order chi connectivity index (χ0) is 10.9. The summed E-state index contributed by atoms with van der Waals surface area (Å²) in [7, 11) is -2.05. The number of hydrogen-bond donors (Lipinski definition) is 1. The van der Waals surface area contributed by atoms with E-state index in [2.05, 4.69) is 10.3 Å². The Morgan fingerprint density at radius 2 is 1.93 bits per heavy atom. The number of H-pyrrole nitrogens is 1. The zero-order valence-electron chi connectivity index (χ0n) is 6.10. The molecule has 1 aromatic heterocycles. The molecule has 7 nitrogen and oxygen atoms in total. The fourth-order valence-corrected chi connectivity index (χ4v) is 2.47. The van der Waals surface area contributed by atoms with Gasteiger partial charge in [-0.2, -0.15) is 8.42 Å². The molecule has 0 atom stereocenters. The van der Waals surface area contributed by atoms with Crippen LogP contribution in [0.4, 0.5) is 0 Å². The van der Waals surface area contributed by atoms with E-state index < -0.39 is 34.0 Å². The van der Waals surface area contributed by atoms with Crippen LogP contribution in [0.2, 0.25) is 5.02 Å². The fraction of sp³-hybridized carbons (Fsp3) is 0.